The lowest BCUT2D eigenvalue weighted by molar-refractivity contribution is -0.121. The van der Waals surface area contributed by atoms with Crippen LogP contribution in [0.2, 0.25) is 0 Å². The van der Waals surface area contributed by atoms with Gasteiger partial charge in [0.25, 0.3) is 5.91 Å². The van der Waals surface area contributed by atoms with E-state index in [0.717, 1.165) is 25.0 Å². The minimum Gasteiger partial charge on any atom is -0.496 e. The molecule has 3 heterocycles. The van der Waals surface area contributed by atoms with Gasteiger partial charge in [-0.15, -0.1) is 0 Å². The lowest BCUT2D eigenvalue weighted by Gasteiger charge is -2.18. The first kappa shape index (κ1) is 39.1. The van der Waals surface area contributed by atoms with Gasteiger partial charge in [0.2, 0.25) is 17.7 Å². The van der Waals surface area contributed by atoms with E-state index in [1.54, 1.807) is 42.6 Å². The van der Waals surface area contributed by atoms with Crippen molar-refractivity contribution >= 4 is 47.0 Å². The van der Waals surface area contributed by atoms with Gasteiger partial charge in [-0.3, -0.25) is 19.4 Å². The zero-order valence-electron chi connectivity index (χ0n) is 29.7. The summed E-state index contributed by atoms with van der Waals surface area (Å²) in [5.74, 6) is 0.527. The van der Waals surface area contributed by atoms with Crippen LogP contribution in [0.25, 0.3) is 11.3 Å². The number of rotatable bonds is 20. The van der Waals surface area contributed by atoms with E-state index in [-0.39, 0.29) is 54.3 Å². The number of aliphatic imine (C=N–C) groups is 1. The third kappa shape index (κ3) is 10.7. The number of carbonyl (C=O) groups is 4. The molecule has 5 rings (SSSR count). The number of nitrogens with two attached hydrogens (primary N) is 2. The summed E-state index contributed by atoms with van der Waals surface area (Å²) < 4.78 is 24.5. The van der Waals surface area contributed by atoms with E-state index in [1.165, 1.54) is 7.11 Å². The number of methoxy groups -OCH3 is 1. The van der Waals surface area contributed by atoms with Crippen LogP contribution in [0.4, 0.5) is 14.9 Å². The second-order valence-electron chi connectivity index (χ2n) is 13.0. The van der Waals surface area contributed by atoms with Gasteiger partial charge >= 0.3 is 6.03 Å². The zero-order chi connectivity index (χ0) is 37.7. The molecule has 0 unspecified atom stereocenters. The molecular formula is C37H47FN8O6S. The van der Waals surface area contributed by atoms with Crippen LogP contribution in [0.3, 0.4) is 0 Å². The average Bonchev–Trinajstić information content (AvgIpc) is 3.88. The number of hydrogen-bond acceptors (Lipinski definition) is 9. The molecule has 16 heteroatoms. The second-order valence-corrected chi connectivity index (χ2v) is 14.3. The van der Waals surface area contributed by atoms with Crippen LogP contribution in [0, 0.1) is 0 Å². The van der Waals surface area contributed by atoms with E-state index in [9.17, 15) is 23.6 Å². The maximum atomic E-state index is 12.8. The summed E-state index contributed by atoms with van der Waals surface area (Å²) in [6.07, 6.45) is 6.28. The van der Waals surface area contributed by atoms with Crippen molar-refractivity contribution < 1.29 is 32.7 Å². The van der Waals surface area contributed by atoms with Crippen LogP contribution in [0.15, 0.2) is 58.1 Å². The van der Waals surface area contributed by atoms with E-state index in [4.69, 9.17) is 20.6 Å². The largest absolute Gasteiger partial charge is 0.496 e. The first-order valence-electron chi connectivity index (χ1n) is 17.8. The molecule has 2 saturated heterocycles. The van der Waals surface area contributed by atoms with Crippen molar-refractivity contribution in [3.05, 3.63) is 65.7 Å². The molecule has 2 aliphatic heterocycles. The summed E-state index contributed by atoms with van der Waals surface area (Å²) >= 11 is 1.87. The van der Waals surface area contributed by atoms with E-state index in [1.807, 2.05) is 17.8 Å². The number of nitrogens with one attached hydrogen (secondary N) is 4. The van der Waals surface area contributed by atoms with Crippen LogP contribution in [-0.2, 0) is 9.59 Å². The molecule has 2 fully saturated rings. The predicted molar refractivity (Wildman–Crippen MR) is 202 cm³/mol. The Balaban J connectivity index is 1.11. The molecule has 1 aromatic heterocycles. The Bertz CT molecular complexity index is 1790. The van der Waals surface area contributed by atoms with E-state index in [2.05, 4.69) is 31.2 Å². The van der Waals surface area contributed by atoms with Gasteiger partial charge in [-0.25, -0.2) is 14.2 Å². The van der Waals surface area contributed by atoms with Crippen molar-refractivity contribution in [3.8, 4) is 17.1 Å². The minimum atomic E-state index is -0.837. The Labute approximate surface area is 311 Å². The van der Waals surface area contributed by atoms with Crippen molar-refractivity contribution in [2.45, 2.75) is 74.6 Å². The molecule has 3 aromatic rings. The van der Waals surface area contributed by atoms with Crippen LogP contribution in [-0.4, -0.2) is 84.5 Å². The van der Waals surface area contributed by atoms with Crippen molar-refractivity contribution in [2.24, 2.45) is 16.5 Å². The summed E-state index contributed by atoms with van der Waals surface area (Å²) in [6.45, 7) is -0.169. The van der Waals surface area contributed by atoms with Gasteiger partial charge in [-0.2, -0.15) is 11.8 Å². The van der Waals surface area contributed by atoms with Crippen molar-refractivity contribution in [3.63, 3.8) is 0 Å². The van der Waals surface area contributed by atoms with Crippen LogP contribution < -0.4 is 37.5 Å². The highest BCUT2D eigenvalue weighted by Crippen LogP contribution is 2.37. The Hall–Kier alpha value is -5.12. The number of halogens is 1. The number of amidine groups is 1. The fraction of sp³-hybridized carbons (Fsp3) is 0.459. The molecule has 2 aliphatic rings. The van der Waals surface area contributed by atoms with Gasteiger partial charge in [0.05, 0.1) is 36.9 Å². The molecule has 0 aliphatic carbocycles. The standard InChI is InChI=1S/C37H47FN8O6S/c1-51-27-12-5-10-24(33(27)35(40)49)25(11-6-16-41-30(39)19-38)36-43-20-28(52-36)22-8-4-9-23(18-22)44-32(48)15-7-17-42-31(47)14-3-2-13-29-34-26(21-53-29)45-37(50)46-34/h4-5,8-10,12,18,20,25-26,29,34H,2-3,6-7,11,13-17,19,21H2,1H3,(H2,39,41)(H2,40,49)(H,42,47)(H,44,48)(H2,45,46,50)/t25-,26-,29-,34-/m0/s1. The molecule has 0 saturated carbocycles. The number of urea groups is 1. The number of aromatic nitrogens is 1. The van der Waals surface area contributed by atoms with Gasteiger partial charge in [0.15, 0.2) is 5.76 Å². The molecule has 0 radical (unpaired) electrons. The first-order valence-corrected chi connectivity index (χ1v) is 18.8. The van der Waals surface area contributed by atoms with Gasteiger partial charge in [0.1, 0.15) is 18.3 Å². The number of hydrogen-bond donors (Lipinski definition) is 6. The maximum Gasteiger partial charge on any atom is 0.315 e. The number of oxazole rings is 1. The summed E-state index contributed by atoms with van der Waals surface area (Å²) in [4.78, 5) is 57.7. The minimum absolute atomic E-state index is 0.0354. The summed E-state index contributed by atoms with van der Waals surface area (Å²) in [5, 5.41) is 12.1. The normalized spacial score (nSPS) is 18.5. The number of carbonyl (C=O) groups excluding carboxylic acids is 4. The number of thioether (sulfide) groups is 1. The molecule has 14 nitrogen and oxygen atoms in total. The number of alkyl halides is 1. The highest BCUT2D eigenvalue weighted by atomic mass is 32.2. The number of ether oxygens (including phenoxy) is 1. The van der Waals surface area contributed by atoms with Crippen LogP contribution in [0.5, 0.6) is 5.75 Å². The third-order valence-corrected chi connectivity index (χ3v) is 10.7. The number of nitrogens with zero attached hydrogens (tertiary/aromatic N) is 2. The van der Waals surface area contributed by atoms with E-state index < -0.39 is 18.5 Å². The van der Waals surface area contributed by atoms with Gasteiger partial charge in [-0.05, 0) is 55.9 Å². The van der Waals surface area contributed by atoms with Crippen LogP contribution >= 0.6 is 11.8 Å². The maximum absolute atomic E-state index is 12.8. The summed E-state index contributed by atoms with van der Waals surface area (Å²) in [6, 6.07) is 12.6. The van der Waals surface area contributed by atoms with Crippen molar-refractivity contribution in [2.75, 3.05) is 37.9 Å². The summed E-state index contributed by atoms with van der Waals surface area (Å²) in [7, 11) is 1.45. The number of anilines is 1. The Kier molecular flexibility index (Phi) is 14.1. The molecule has 0 spiro atoms. The average molecular weight is 751 g/mol. The number of primary amides is 1. The lowest BCUT2D eigenvalue weighted by Crippen LogP contribution is -2.36. The molecule has 5 amide bonds. The quantitative estimate of drug-likeness (QED) is 0.0421. The molecule has 284 valence electrons. The number of unbranched alkanes of at least 4 members (excludes halogenated alkanes) is 1. The van der Waals surface area contributed by atoms with Crippen molar-refractivity contribution in [1.82, 2.24) is 20.9 Å². The van der Waals surface area contributed by atoms with Gasteiger partial charge in [-0.1, -0.05) is 30.7 Å². The molecular weight excluding hydrogens is 704 g/mol. The molecule has 4 atom stereocenters. The highest BCUT2D eigenvalue weighted by molar-refractivity contribution is 8.00. The lowest BCUT2D eigenvalue weighted by atomic mass is 9.89. The van der Waals surface area contributed by atoms with E-state index in [0.29, 0.717) is 71.7 Å². The number of benzene rings is 2. The third-order valence-electron chi connectivity index (χ3n) is 9.24. The predicted octanol–water partition coefficient (Wildman–Crippen LogP) is 4.25. The fourth-order valence-electron chi connectivity index (χ4n) is 6.64. The smallest absolute Gasteiger partial charge is 0.315 e. The summed E-state index contributed by atoms with van der Waals surface area (Å²) in [5.41, 5.74) is 13.3. The van der Waals surface area contributed by atoms with Crippen LogP contribution in [0.1, 0.15) is 79.1 Å². The van der Waals surface area contributed by atoms with Crippen molar-refractivity contribution in [1.29, 1.82) is 0 Å². The Morgan fingerprint density at radius 1 is 1.09 bits per heavy atom. The van der Waals surface area contributed by atoms with E-state index >= 15 is 0 Å². The Morgan fingerprint density at radius 3 is 2.70 bits per heavy atom. The Morgan fingerprint density at radius 2 is 1.91 bits per heavy atom. The zero-order valence-corrected chi connectivity index (χ0v) is 30.5. The fourth-order valence-corrected chi connectivity index (χ4v) is 8.18. The molecule has 53 heavy (non-hydrogen) atoms. The SMILES string of the molecule is COc1cccc([C@H](CCCN=C(N)CF)c2ncc(-c3cccc(NC(=O)CCCNC(=O)CCCC[C@@H]4SC[C@@H]5NC(=O)N[C@@H]54)c3)o2)c1C(N)=O. The molecule has 2 aromatic carbocycles. The highest BCUT2D eigenvalue weighted by Gasteiger charge is 2.42. The molecule has 0 bridgehead atoms. The topological polar surface area (TPSA) is 216 Å². The van der Waals surface area contributed by atoms with Gasteiger partial charge < -0.3 is 41.9 Å². The molecule has 8 N–H and O–H groups in total. The second kappa shape index (κ2) is 19.1. The first-order chi connectivity index (χ1) is 25.7. The number of amides is 5. The monoisotopic (exact) mass is 750 g/mol. The van der Waals surface area contributed by atoms with Gasteiger partial charge in [0, 0.05) is 48.2 Å². The number of fused-ring (bicyclic) bond motifs is 1.